The molecule has 0 aliphatic carbocycles. The zero-order chi connectivity index (χ0) is 22.5. The fraction of sp³-hybridized carbons (Fsp3) is 0.0741. The Kier molecular flexibility index (Phi) is 6.08. The molecule has 0 atom stereocenters. The Balaban J connectivity index is 1.60. The molecule has 158 valence electrons. The lowest BCUT2D eigenvalue weighted by molar-refractivity contribution is -0.111. The van der Waals surface area contributed by atoms with Crippen molar-refractivity contribution in [2.24, 2.45) is 0 Å². The van der Waals surface area contributed by atoms with E-state index in [2.05, 4.69) is 5.32 Å². The zero-order valence-electron chi connectivity index (χ0n) is 17.9. The van der Waals surface area contributed by atoms with E-state index in [0.717, 1.165) is 22.5 Å². The molecule has 0 bridgehead atoms. The first-order valence-electron chi connectivity index (χ1n) is 10.3. The Hall–Kier alpha value is -4.25. The standard InChI is InChI=1S/C27H23N3O2/c1-19-8-10-22(11-9-19)27-23(18-30(29-27)25-6-4-3-5-7-25)14-17-26(32)28-24-15-12-21(13-16-24)20(2)31/h3-18H,1-2H3,(H,28,32)/b17-14-. The van der Waals surface area contributed by atoms with Gasteiger partial charge < -0.3 is 5.32 Å². The van der Waals surface area contributed by atoms with Crippen molar-refractivity contribution < 1.29 is 9.59 Å². The fourth-order valence-electron chi connectivity index (χ4n) is 3.30. The lowest BCUT2D eigenvalue weighted by Crippen LogP contribution is -2.07. The van der Waals surface area contributed by atoms with Crippen molar-refractivity contribution in [3.05, 3.63) is 108 Å². The van der Waals surface area contributed by atoms with Gasteiger partial charge in [-0.1, -0.05) is 48.0 Å². The molecule has 0 saturated carbocycles. The molecule has 1 N–H and O–H groups in total. The van der Waals surface area contributed by atoms with Gasteiger partial charge in [-0.05, 0) is 56.3 Å². The highest BCUT2D eigenvalue weighted by Crippen LogP contribution is 2.25. The van der Waals surface area contributed by atoms with Crippen molar-refractivity contribution in [3.63, 3.8) is 0 Å². The lowest BCUT2D eigenvalue weighted by Gasteiger charge is -2.03. The van der Waals surface area contributed by atoms with Crippen LogP contribution in [0, 0.1) is 6.92 Å². The molecule has 1 amide bonds. The average Bonchev–Trinajstić information content (AvgIpc) is 3.23. The van der Waals surface area contributed by atoms with Crippen LogP contribution in [0.4, 0.5) is 5.69 Å². The van der Waals surface area contributed by atoms with Gasteiger partial charge in [0.2, 0.25) is 5.91 Å². The second-order valence-electron chi connectivity index (χ2n) is 7.54. The molecule has 32 heavy (non-hydrogen) atoms. The summed E-state index contributed by atoms with van der Waals surface area (Å²) in [5.41, 5.74) is 5.95. The second-order valence-corrected chi connectivity index (χ2v) is 7.54. The van der Waals surface area contributed by atoms with Crippen molar-refractivity contribution in [3.8, 4) is 16.9 Å². The van der Waals surface area contributed by atoms with Gasteiger partial charge in [-0.15, -0.1) is 0 Å². The molecule has 0 aliphatic rings. The predicted molar refractivity (Wildman–Crippen MR) is 128 cm³/mol. The van der Waals surface area contributed by atoms with Crippen molar-refractivity contribution in [2.45, 2.75) is 13.8 Å². The number of aromatic nitrogens is 2. The normalized spacial score (nSPS) is 10.9. The molecule has 5 heteroatoms. The molecule has 0 spiro atoms. The largest absolute Gasteiger partial charge is 0.323 e. The van der Waals surface area contributed by atoms with Crippen LogP contribution in [0.3, 0.4) is 0 Å². The molecular weight excluding hydrogens is 398 g/mol. The molecule has 0 unspecified atom stereocenters. The van der Waals surface area contributed by atoms with Gasteiger partial charge in [0.05, 0.1) is 11.4 Å². The minimum Gasteiger partial charge on any atom is -0.323 e. The van der Waals surface area contributed by atoms with E-state index >= 15 is 0 Å². The Morgan fingerprint density at radius 1 is 0.906 bits per heavy atom. The average molecular weight is 422 g/mol. The SMILES string of the molecule is CC(=O)c1ccc(NC(=O)/C=C\c2cn(-c3ccccc3)nc2-c2ccc(C)cc2)cc1. The van der Waals surface area contributed by atoms with E-state index in [9.17, 15) is 9.59 Å². The Bertz CT molecular complexity index is 1270. The summed E-state index contributed by atoms with van der Waals surface area (Å²) < 4.78 is 1.81. The van der Waals surface area contributed by atoms with Gasteiger partial charge in [-0.25, -0.2) is 4.68 Å². The van der Waals surface area contributed by atoms with E-state index in [4.69, 9.17) is 5.10 Å². The van der Waals surface area contributed by atoms with Crippen LogP contribution >= 0.6 is 0 Å². The number of benzene rings is 3. The highest BCUT2D eigenvalue weighted by molar-refractivity contribution is 6.02. The minimum atomic E-state index is -0.261. The van der Waals surface area contributed by atoms with E-state index in [-0.39, 0.29) is 11.7 Å². The van der Waals surface area contributed by atoms with Gasteiger partial charge in [-0.3, -0.25) is 9.59 Å². The third-order valence-electron chi connectivity index (χ3n) is 5.06. The van der Waals surface area contributed by atoms with Crippen LogP contribution in [0.1, 0.15) is 28.4 Å². The molecule has 1 aromatic heterocycles. The van der Waals surface area contributed by atoms with Gasteiger partial charge in [0, 0.05) is 34.7 Å². The molecular formula is C27H23N3O2. The monoisotopic (exact) mass is 421 g/mol. The first-order valence-corrected chi connectivity index (χ1v) is 10.3. The number of nitrogens with zero attached hydrogens (tertiary/aromatic N) is 2. The summed E-state index contributed by atoms with van der Waals surface area (Å²) >= 11 is 0. The third-order valence-corrected chi connectivity index (χ3v) is 5.06. The van der Waals surface area contributed by atoms with Gasteiger partial charge in [0.1, 0.15) is 0 Å². The number of Topliss-reactive ketones (excluding diaryl/α,β-unsaturated/α-hetero) is 1. The maximum atomic E-state index is 12.5. The number of para-hydroxylation sites is 1. The van der Waals surface area contributed by atoms with Crippen LogP contribution in [0.5, 0.6) is 0 Å². The Morgan fingerprint density at radius 3 is 2.25 bits per heavy atom. The third kappa shape index (κ3) is 4.90. The van der Waals surface area contributed by atoms with Crippen molar-refractivity contribution in [1.29, 1.82) is 0 Å². The molecule has 0 saturated heterocycles. The maximum absolute atomic E-state index is 12.5. The molecule has 4 aromatic rings. The number of carbonyl (C=O) groups is 2. The van der Waals surface area contributed by atoms with Crippen LogP contribution in [-0.2, 0) is 4.79 Å². The first-order chi connectivity index (χ1) is 15.5. The van der Waals surface area contributed by atoms with E-state index in [1.54, 1.807) is 30.3 Å². The molecule has 3 aromatic carbocycles. The number of hydrogen-bond acceptors (Lipinski definition) is 3. The molecule has 0 aliphatic heterocycles. The Morgan fingerprint density at radius 2 is 1.59 bits per heavy atom. The summed E-state index contributed by atoms with van der Waals surface area (Å²) in [6, 6.07) is 24.8. The van der Waals surface area contributed by atoms with E-state index in [1.165, 1.54) is 18.6 Å². The summed E-state index contributed by atoms with van der Waals surface area (Å²) in [7, 11) is 0. The summed E-state index contributed by atoms with van der Waals surface area (Å²) in [5.74, 6) is -0.273. The summed E-state index contributed by atoms with van der Waals surface area (Å²) in [6.07, 6.45) is 5.17. The number of nitrogens with one attached hydrogen (secondary N) is 1. The van der Waals surface area contributed by atoms with Crippen molar-refractivity contribution in [1.82, 2.24) is 9.78 Å². The number of amides is 1. The zero-order valence-corrected chi connectivity index (χ0v) is 17.9. The van der Waals surface area contributed by atoms with E-state index in [1.807, 2.05) is 72.4 Å². The van der Waals surface area contributed by atoms with Crippen LogP contribution in [0.2, 0.25) is 0 Å². The van der Waals surface area contributed by atoms with Crippen molar-refractivity contribution in [2.75, 3.05) is 5.32 Å². The van der Waals surface area contributed by atoms with Crippen LogP contribution < -0.4 is 5.32 Å². The van der Waals surface area contributed by atoms with Crippen LogP contribution in [0.15, 0.2) is 91.1 Å². The lowest BCUT2D eigenvalue weighted by atomic mass is 10.1. The smallest absolute Gasteiger partial charge is 0.248 e. The molecule has 4 rings (SSSR count). The molecule has 1 heterocycles. The van der Waals surface area contributed by atoms with Gasteiger partial charge >= 0.3 is 0 Å². The quantitative estimate of drug-likeness (QED) is 0.321. The minimum absolute atomic E-state index is 0.0122. The van der Waals surface area contributed by atoms with Gasteiger partial charge in [0.15, 0.2) is 5.78 Å². The van der Waals surface area contributed by atoms with Crippen LogP contribution in [0.25, 0.3) is 23.0 Å². The Labute approximate surface area is 187 Å². The number of carbonyl (C=O) groups excluding carboxylic acids is 2. The van der Waals surface area contributed by atoms with Crippen LogP contribution in [-0.4, -0.2) is 21.5 Å². The summed E-state index contributed by atoms with van der Waals surface area (Å²) in [5, 5.41) is 7.59. The van der Waals surface area contributed by atoms with E-state index in [0.29, 0.717) is 11.3 Å². The topological polar surface area (TPSA) is 64.0 Å². The second kappa shape index (κ2) is 9.27. The van der Waals surface area contributed by atoms with Crippen molar-refractivity contribution >= 4 is 23.5 Å². The van der Waals surface area contributed by atoms with Gasteiger partial charge in [-0.2, -0.15) is 5.10 Å². The molecule has 5 nitrogen and oxygen atoms in total. The number of rotatable bonds is 6. The fourth-order valence-corrected chi connectivity index (χ4v) is 3.30. The van der Waals surface area contributed by atoms with Gasteiger partial charge in [0.25, 0.3) is 0 Å². The molecule has 0 radical (unpaired) electrons. The number of aryl methyl sites for hydroxylation is 1. The highest BCUT2D eigenvalue weighted by Gasteiger charge is 2.11. The van der Waals surface area contributed by atoms with E-state index < -0.39 is 0 Å². The summed E-state index contributed by atoms with van der Waals surface area (Å²) in [6.45, 7) is 3.55. The predicted octanol–water partition coefficient (Wildman–Crippen LogP) is 5.70. The number of anilines is 1. The molecule has 0 fully saturated rings. The number of ketones is 1. The maximum Gasteiger partial charge on any atom is 0.248 e. The highest BCUT2D eigenvalue weighted by atomic mass is 16.1. The number of hydrogen-bond donors (Lipinski definition) is 1. The first kappa shape index (κ1) is 21.0. The summed E-state index contributed by atoms with van der Waals surface area (Å²) in [4.78, 5) is 23.9.